The van der Waals surface area contributed by atoms with Gasteiger partial charge < -0.3 is 23.8 Å². The molecule has 0 heterocycles. The molecule has 1 aliphatic rings. The highest BCUT2D eigenvalue weighted by molar-refractivity contribution is 5.91. The Morgan fingerprint density at radius 1 is 1.03 bits per heavy atom. The zero-order valence-corrected chi connectivity index (χ0v) is 18.4. The minimum Gasteiger partial charge on any atom is -0.488 e. The first-order valence-corrected chi connectivity index (χ1v) is 10.3. The predicted molar refractivity (Wildman–Crippen MR) is 117 cm³/mol. The number of amides is 1. The monoisotopic (exact) mass is 427 g/mol. The lowest BCUT2D eigenvalue weighted by atomic mass is 10.2. The van der Waals surface area contributed by atoms with Gasteiger partial charge in [0.15, 0.2) is 0 Å². The highest BCUT2D eigenvalue weighted by Crippen LogP contribution is 2.33. The van der Waals surface area contributed by atoms with Crippen molar-refractivity contribution in [2.24, 2.45) is 5.92 Å². The number of methoxy groups -OCH3 is 2. The van der Waals surface area contributed by atoms with Crippen molar-refractivity contribution in [1.29, 1.82) is 0 Å². The van der Waals surface area contributed by atoms with Crippen molar-refractivity contribution in [3.63, 3.8) is 0 Å². The van der Waals surface area contributed by atoms with Crippen LogP contribution in [0.25, 0.3) is 0 Å². The maximum Gasteiger partial charge on any atom is 0.338 e. The van der Waals surface area contributed by atoms with E-state index in [4.69, 9.17) is 18.9 Å². The molecule has 2 aromatic rings. The summed E-state index contributed by atoms with van der Waals surface area (Å²) in [5, 5.41) is 0. The van der Waals surface area contributed by atoms with Crippen LogP contribution in [0, 0.1) is 5.92 Å². The highest BCUT2D eigenvalue weighted by atomic mass is 16.5. The van der Waals surface area contributed by atoms with E-state index in [9.17, 15) is 9.59 Å². The molecule has 0 N–H and O–H groups in total. The Balaban J connectivity index is 1.78. The van der Waals surface area contributed by atoms with Gasteiger partial charge in [0.05, 0.1) is 19.3 Å². The van der Waals surface area contributed by atoms with E-state index in [1.165, 1.54) is 20.0 Å². The van der Waals surface area contributed by atoms with Crippen molar-refractivity contribution in [1.82, 2.24) is 0 Å². The van der Waals surface area contributed by atoms with Crippen LogP contribution in [0.4, 0.5) is 5.69 Å². The number of anilines is 1. The average molecular weight is 427 g/mol. The third-order valence-corrected chi connectivity index (χ3v) is 4.94. The van der Waals surface area contributed by atoms with Gasteiger partial charge in [-0.25, -0.2) is 4.79 Å². The largest absolute Gasteiger partial charge is 0.488 e. The van der Waals surface area contributed by atoms with Crippen molar-refractivity contribution in [2.75, 3.05) is 32.3 Å². The minimum absolute atomic E-state index is 0.0262. The number of hydrogen-bond acceptors (Lipinski definition) is 6. The molecule has 3 rings (SSSR count). The Bertz CT molecular complexity index is 907. The number of hydrogen-bond donors (Lipinski definition) is 0. The van der Waals surface area contributed by atoms with Crippen LogP contribution < -0.4 is 14.4 Å². The molecule has 2 aromatic carbocycles. The number of esters is 1. The molecule has 0 aromatic heterocycles. The van der Waals surface area contributed by atoms with Gasteiger partial charge in [0.25, 0.3) is 0 Å². The van der Waals surface area contributed by atoms with Gasteiger partial charge in [-0.05, 0) is 62.1 Å². The second-order valence-electron chi connectivity index (χ2n) is 7.74. The van der Waals surface area contributed by atoms with E-state index >= 15 is 0 Å². The zero-order valence-electron chi connectivity index (χ0n) is 18.4. The van der Waals surface area contributed by atoms with Crippen LogP contribution in [0.3, 0.4) is 0 Å². The molecule has 0 radical (unpaired) electrons. The van der Waals surface area contributed by atoms with Crippen LogP contribution in [-0.2, 0) is 14.3 Å². The molecule has 0 aliphatic heterocycles. The van der Waals surface area contributed by atoms with E-state index in [2.05, 4.69) is 0 Å². The smallest absolute Gasteiger partial charge is 0.338 e. The SMILES string of the molecule is COC[C@H](C)Oc1cc(Oc2ccc(N(CC3CC3)C(C)=O)cc2)cc(C(=O)OC)c1. The molecular formula is C24H29NO6. The lowest BCUT2D eigenvalue weighted by Crippen LogP contribution is -2.30. The third kappa shape index (κ3) is 6.46. The first-order valence-electron chi connectivity index (χ1n) is 10.3. The Kier molecular flexibility index (Phi) is 7.52. The van der Waals surface area contributed by atoms with E-state index < -0.39 is 5.97 Å². The average Bonchev–Trinajstić information content (AvgIpc) is 3.56. The van der Waals surface area contributed by atoms with Crippen molar-refractivity contribution < 1.29 is 28.5 Å². The standard InChI is InChI=1S/C24H29NO6/c1-16(15-28-3)30-22-11-19(24(27)29-4)12-23(13-22)31-21-9-7-20(8-10-21)25(17(2)26)14-18-5-6-18/h7-13,16,18H,5-6,14-15H2,1-4H3/t16-/m0/s1. The van der Waals surface area contributed by atoms with Gasteiger partial charge in [-0.1, -0.05) is 0 Å². The topological polar surface area (TPSA) is 74.3 Å². The van der Waals surface area contributed by atoms with E-state index in [0.717, 1.165) is 12.2 Å². The Morgan fingerprint density at radius 2 is 1.71 bits per heavy atom. The lowest BCUT2D eigenvalue weighted by Gasteiger charge is -2.21. The summed E-state index contributed by atoms with van der Waals surface area (Å²) in [4.78, 5) is 25.9. The second kappa shape index (κ2) is 10.3. The normalized spacial score (nSPS) is 13.9. The molecule has 7 heteroatoms. The molecule has 7 nitrogen and oxygen atoms in total. The van der Waals surface area contributed by atoms with Gasteiger partial charge in [-0.15, -0.1) is 0 Å². The molecule has 1 amide bonds. The molecule has 1 atom stereocenters. The summed E-state index contributed by atoms with van der Waals surface area (Å²) in [7, 11) is 2.92. The molecule has 0 spiro atoms. The van der Waals surface area contributed by atoms with Crippen molar-refractivity contribution in [3.05, 3.63) is 48.0 Å². The van der Waals surface area contributed by atoms with E-state index in [-0.39, 0.29) is 12.0 Å². The fourth-order valence-corrected chi connectivity index (χ4v) is 3.24. The zero-order chi connectivity index (χ0) is 22.4. The fourth-order valence-electron chi connectivity index (χ4n) is 3.24. The van der Waals surface area contributed by atoms with E-state index in [1.54, 1.807) is 49.3 Å². The van der Waals surface area contributed by atoms with E-state index in [0.29, 0.717) is 35.3 Å². The summed E-state index contributed by atoms with van der Waals surface area (Å²) >= 11 is 0. The maximum absolute atomic E-state index is 12.1. The number of nitrogens with zero attached hydrogens (tertiary/aromatic N) is 1. The van der Waals surface area contributed by atoms with Gasteiger partial charge in [0, 0.05) is 32.3 Å². The first kappa shape index (κ1) is 22.6. The summed E-state index contributed by atoms with van der Waals surface area (Å²) < 4.78 is 21.7. The number of ether oxygens (including phenoxy) is 4. The molecular weight excluding hydrogens is 398 g/mol. The van der Waals surface area contributed by atoms with Gasteiger partial charge >= 0.3 is 5.97 Å². The number of rotatable bonds is 10. The summed E-state index contributed by atoms with van der Waals surface area (Å²) in [6.07, 6.45) is 2.15. The van der Waals surface area contributed by atoms with Crippen LogP contribution in [0.1, 0.15) is 37.0 Å². The predicted octanol–water partition coefficient (Wildman–Crippen LogP) is 4.44. The highest BCUT2D eigenvalue weighted by Gasteiger charge is 2.26. The quantitative estimate of drug-likeness (QED) is 0.522. The van der Waals surface area contributed by atoms with Crippen LogP contribution in [0.15, 0.2) is 42.5 Å². The fraction of sp³-hybridized carbons (Fsp3) is 0.417. The molecule has 1 aliphatic carbocycles. The number of carbonyl (C=O) groups excluding carboxylic acids is 2. The molecule has 31 heavy (non-hydrogen) atoms. The van der Waals surface area contributed by atoms with Crippen LogP contribution >= 0.6 is 0 Å². The van der Waals surface area contributed by atoms with Gasteiger partial charge in [0.1, 0.15) is 23.4 Å². The maximum atomic E-state index is 12.1. The van der Waals surface area contributed by atoms with Gasteiger partial charge in [0.2, 0.25) is 5.91 Å². The molecule has 0 saturated heterocycles. The Hall–Kier alpha value is -3.06. The molecule has 1 saturated carbocycles. The molecule has 0 unspecified atom stereocenters. The first-order chi connectivity index (χ1) is 14.9. The Labute approximate surface area is 182 Å². The summed E-state index contributed by atoms with van der Waals surface area (Å²) in [5.74, 6) is 1.64. The summed E-state index contributed by atoms with van der Waals surface area (Å²) in [6.45, 7) is 4.61. The molecule has 1 fully saturated rings. The number of carbonyl (C=O) groups is 2. The van der Waals surface area contributed by atoms with E-state index in [1.807, 2.05) is 19.1 Å². The van der Waals surface area contributed by atoms with Crippen LogP contribution in [0.2, 0.25) is 0 Å². The van der Waals surface area contributed by atoms with Crippen molar-refractivity contribution >= 4 is 17.6 Å². The molecule has 166 valence electrons. The van der Waals surface area contributed by atoms with Crippen molar-refractivity contribution in [3.8, 4) is 17.2 Å². The second-order valence-corrected chi connectivity index (χ2v) is 7.74. The van der Waals surface area contributed by atoms with Gasteiger partial charge in [-0.3, -0.25) is 4.79 Å². The lowest BCUT2D eigenvalue weighted by molar-refractivity contribution is -0.116. The molecule has 0 bridgehead atoms. The summed E-state index contributed by atoms with van der Waals surface area (Å²) in [6, 6.07) is 12.2. The van der Waals surface area contributed by atoms with Gasteiger partial charge in [-0.2, -0.15) is 0 Å². The van der Waals surface area contributed by atoms with Crippen LogP contribution in [0.5, 0.6) is 17.2 Å². The number of benzene rings is 2. The van der Waals surface area contributed by atoms with Crippen molar-refractivity contribution in [2.45, 2.75) is 32.8 Å². The Morgan fingerprint density at radius 3 is 2.29 bits per heavy atom. The van der Waals surface area contributed by atoms with Crippen LogP contribution in [-0.4, -0.2) is 45.4 Å². The summed E-state index contributed by atoms with van der Waals surface area (Å²) in [5.41, 5.74) is 1.16. The minimum atomic E-state index is -0.484. The third-order valence-electron chi connectivity index (χ3n) is 4.94.